The molecule has 9 nitrogen and oxygen atoms in total. The van der Waals surface area contributed by atoms with Gasteiger partial charge in [0.2, 0.25) is 6.41 Å². The molecular weight excluding hydrogens is 394 g/mol. The molecule has 3 aromatic rings. The van der Waals surface area contributed by atoms with Crippen LogP contribution in [0.15, 0.2) is 35.4 Å². The maximum Gasteiger partial charge on any atom is 0.274 e. The van der Waals surface area contributed by atoms with Crippen LogP contribution >= 0.6 is 0 Å². The molecule has 2 aliphatic carbocycles. The number of fused-ring (bicyclic) bond motifs is 1. The molecule has 1 amide bonds. The third-order valence-electron chi connectivity index (χ3n) is 5.61. The molecule has 0 bridgehead atoms. The van der Waals surface area contributed by atoms with Crippen molar-refractivity contribution in [1.29, 1.82) is 0 Å². The minimum atomic E-state index is 0.000103. The Balaban J connectivity index is 0.000000336. The number of amides is 1. The zero-order valence-corrected chi connectivity index (χ0v) is 18.2. The Morgan fingerprint density at radius 2 is 1.87 bits per heavy atom. The van der Waals surface area contributed by atoms with Crippen molar-refractivity contribution in [3.63, 3.8) is 0 Å². The number of nitrogens with zero attached hydrogens (tertiary/aromatic N) is 4. The van der Waals surface area contributed by atoms with Crippen LogP contribution in [-0.2, 0) is 4.79 Å². The van der Waals surface area contributed by atoms with Gasteiger partial charge in [-0.05, 0) is 38.3 Å². The molecule has 5 rings (SSSR count). The van der Waals surface area contributed by atoms with E-state index in [2.05, 4.69) is 26.4 Å². The Kier molecular flexibility index (Phi) is 7.64. The zero-order valence-electron chi connectivity index (χ0n) is 18.2. The van der Waals surface area contributed by atoms with Crippen LogP contribution in [0.5, 0.6) is 0 Å². The molecule has 2 fully saturated rings. The average Bonchev–Trinajstić information content (AvgIpc) is 3.03. The lowest BCUT2D eigenvalue weighted by molar-refractivity contribution is -0.106. The highest BCUT2D eigenvalue weighted by molar-refractivity contribution is 5.64. The fraction of sp³-hybridized carbons (Fsp3) is 0.455. The predicted molar refractivity (Wildman–Crippen MR) is 123 cm³/mol. The van der Waals surface area contributed by atoms with Crippen molar-refractivity contribution in [2.24, 2.45) is 5.73 Å². The predicted octanol–water partition coefficient (Wildman–Crippen LogP) is 3.37. The first-order chi connectivity index (χ1) is 15.1. The summed E-state index contributed by atoms with van der Waals surface area (Å²) in [6.07, 6.45) is 13.2. The second-order valence-electron chi connectivity index (χ2n) is 7.73. The lowest BCUT2D eigenvalue weighted by Gasteiger charge is -2.27. The molecule has 3 heterocycles. The Labute approximate surface area is 181 Å². The Bertz CT molecular complexity index is 1060. The number of aromatic nitrogens is 4. The molecule has 166 valence electrons. The summed E-state index contributed by atoms with van der Waals surface area (Å²) in [6, 6.07) is 5.88. The van der Waals surface area contributed by atoms with E-state index in [0.717, 1.165) is 29.9 Å². The minimum absolute atomic E-state index is 0.000103. The van der Waals surface area contributed by atoms with Gasteiger partial charge in [-0.1, -0.05) is 25.7 Å². The summed E-state index contributed by atoms with van der Waals surface area (Å²) in [5.74, 6) is 1.43. The van der Waals surface area contributed by atoms with Crippen molar-refractivity contribution in [3.8, 4) is 0 Å². The Morgan fingerprint density at radius 3 is 2.42 bits per heavy atom. The van der Waals surface area contributed by atoms with Crippen molar-refractivity contribution in [3.05, 3.63) is 46.5 Å². The van der Waals surface area contributed by atoms with Gasteiger partial charge in [0.1, 0.15) is 17.3 Å². The second-order valence-corrected chi connectivity index (χ2v) is 7.73. The van der Waals surface area contributed by atoms with Crippen molar-refractivity contribution in [2.45, 2.75) is 57.9 Å². The lowest BCUT2D eigenvalue weighted by atomic mass is 9.93. The van der Waals surface area contributed by atoms with Gasteiger partial charge in [-0.25, -0.2) is 4.98 Å². The van der Waals surface area contributed by atoms with Gasteiger partial charge in [-0.3, -0.25) is 9.59 Å². The zero-order chi connectivity index (χ0) is 22.2. The van der Waals surface area contributed by atoms with Gasteiger partial charge in [0.15, 0.2) is 5.65 Å². The van der Waals surface area contributed by atoms with Crippen LogP contribution in [0.4, 0.5) is 17.3 Å². The summed E-state index contributed by atoms with van der Waals surface area (Å²) in [7, 11) is 1.83. The Hall–Kier alpha value is -3.36. The van der Waals surface area contributed by atoms with E-state index < -0.39 is 0 Å². The summed E-state index contributed by atoms with van der Waals surface area (Å²) < 4.78 is 3.57. The van der Waals surface area contributed by atoms with Crippen LogP contribution in [0, 0.1) is 6.92 Å². The molecule has 9 heteroatoms. The third-order valence-corrected chi connectivity index (χ3v) is 5.61. The van der Waals surface area contributed by atoms with E-state index in [1.54, 1.807) is 16.8 Å². The van der Waals surface area contributed by atoms with Gasteiger partial charge in [0, 0.05) is 30.9 Å². The monoisotopic (exact) mass is 425 g/mol. The van der Waals surface area contributed by atoms with Gasteiger partial charge in [0.25, 0.3) is 5.56 Å². The molecule has 31 heavy (non-hydrogen) atoms. The summed E-state index contributed by atoms with van der Waals surface area (Å²) in [5, 5.41) is 10.6. The molecule has 2 aliphatic rings. The van der Waals surface area contributed by atoms with E-state index in [0.29, 0.717) is 17.5 Å². The molecule has 0 atom stereocenters. The van der Waals surface area contributed by atoms with Gasteiger partial charge >= 0.3 is 0 Å². The first-order valence-electron chi connectivity index (χ1n) is 10.8. The van der Waals surface area contributed by atoms with Gasteiger partial charge in [-0.2, -0.15) is 9.61 Å². The van der Waals surface area contributed by atoms with Crippen molar-refractivity contribution in [2.75, 3.05) is 17.7 Å². The lowest BCUT2D eigenvalue weighted by Crippen LogP contribution is -2.29. The van der Waals surface area contributed by atoms with E-state index in [-0.39, 0.29) is 12.0 Å². The molecule has 4 N–H and O–H groups in total. The number of nitrogens with two attached hydrogens (primary N) is 1. The number of primary amides is 1. The average molecular weight is 426 g/mol. The van der Waals surface area contributed by atoms with Crippen molar-refractivity contribution < 1.29 is 4.79 Å². The molecule has 0 aliphatic heterocycles. The van der Waals surface area contributed by atoms with Gasteiger partial charge in [-0.15, -0.1) is 0 Å². The fourth-order valence-corrected chi connectivity index (χ4v) is 3.26. The number of carbonyl (C=O) groups is 1. The highest BCUT2D eigenvalue weighted by Crippen LogP contribution is 2.30. The molecule has 0 saturated heterocycles. The highest BCUT2D eigenvalue weighted by Gasteiger charge is 2.21. The van der Waals surface area contributed by atoms with Crippen molar-refractivity contribution >= 4 is 29.4 Å². The fourth-order valence-electron chi connectivity index (χ4n) is 3.26. The maximum atomic E-state index is 12.7. The van der Waals surface area contributed by atoms with E-state index in [9.17, 15) is 4.79 Å². The molecule has 3 aromatic heterocycles. The van der Waals surface area contributed by atoms with E-state index in [4.69, 9.17) is 4.79 Å². The van der Waals surface area contributed by atoms with Crippen LogP contribution in [0.2, 0.25) is 0 Å². The van der Waals surface area contributed by atoms with Crippen LogP contribution in [0.25, 0.3) is 5.65 Å². The minimum Gasteiger partial charge on any atom is -0.373 e. The number of aryl methyl sites for hydroxylation is 1. The molecule has 0 spiro atoms. The molecule has 0 unspecified atom stereocenters. The van der Waals surface area contributed by atoms with Crippen LogP contribution < -0.4 is 21.9 Å². The van der Waals surface area contributed by atoms with Crippen molar-refractivity contribution in [1.82, 2.24) is 19.2 Å². The highest BCUT2D eigenvalue weighted by atomic mass is 16.1. The smallest absolute Gasteiger partial charge is 0.274 e. The first-order valence-corrected chi connectivity index (χ1v) is 10.8. The number of anilines is 3. The van der Waals surface area contributed by atoms with Gasteiger partial charge in [0.05, 0.1) is 6.20 Å². The SMILES string of the molecule is C1CCC1.CNc1cc(Nc2cccn(C3CCC3)c2=O)nc2c(C)cnn12.NC=O. The maximum absolute atomic E-state index is 12.7. The topological polar surface area (TPSA) is 119 Å². The number of hydrogen-bond acceptors (Lipinski definition) is 6. The summed E-state index contributed by atoms with van der Waals surface area (Å²) in [6.45, 7) is 1.96. The number of carbonyl (C=O) groups excluding carboxylic acids is 1. The quantitative estimate of drug-likeness (QED) is 0.551. The molecule has 0 aromatic carbocycles. The van der Waals surface area contributed by atoms with Crippen LogP contribution in [0.3, 0.4) is 0 Å². The number of hydrogen-bond donors (Lipinski definition) is 3. The molecule has 0 radical (unpaired) electrons. The first kappa shape index (κ1) is 22.3. The largest absolute Gasteiger partial charge is 0.373 e. The third kappa shape index (κ3) is 5.22. The second kappa shape index (κ2) is 10.6. The number of pyridine rings is 1. The number of rotatable bonds is 4. The van der Waals surface area contributed by atoms with E-state index in [1.807, 2.05) is 36.9 Å². The normalized spacial score (nSPS) is 14.8. The standard InChI is InChI=1S/C17H20N6O.C4H8.CH3NO/c1-11-10-19-23-15(18-2)9-14(21-16(11)23)20-13-7-4-8-22(17(13)24)12-5-3-6-12;1-2-4-3-1;2-1-3/h4,7-10,12,18H,3,5-6H2,1-2H3,(H,20,21);1-4H2;1H,(H2,2,3). The molecular formula is C22H31N7O2. The van der Waals surface area contributed by atoms with Gasteiger partial charge < -0.3 is 20.9 Å². The van der Waals surface area contributed by atoms with Crippen LogP contribution in [0.1, 0.15) is 56.6 Å². The Morgan fingerprint density at radius 1 is 1.19 bits per heavy atom. The molecule has 2 saturated carbocycles. The summed E-state index contributed by atoms with van der Waals surface area (Å²) in [4.78, 5) is 25.9. The summed E-state index contributed by atoms with van der Waals surface area (Å²) in [5.41, 5.74) is 6.45. The van der Waals surface area contributed by atoms with Crippen LogP contribution in [-0.4, -0.2) is 32.6 Å². The van der Waals surface area contributed by atoms with E-state index in [1.165, 1.54) is 32.1 Å². The summed E-state index contributed by atoms with van der Waals surface area (Å²) >= 11 is 0. The number of nitrogens with one attached hydrogen (secondary N) is 2. The van der Waals surface area contributed by atoms with E-state index >= 15 is 0 Å².